The molecule has 1 atom stereocenters. The first-order valence-corrected chi connectivity index (χ1v) is 9.29. The van der Waals surface area contributed by atoms with Gasteiger partial charge in [0.2, 0.25) is 0 Å². The first kappa shape index (κ1) is 17.0. The molecule has 0 amide bonds. The van der Waals surface area contributed by atoms with Gasteiger partial charge in [-0.1, -0.05) is 48.5 Å². The van der Waals surface area contributed by atoms with E-state index in [0.717, 1.165) is 36.6 Å². The number of hydrogen-bond acceptors (Lipinski definition) is 3. The number of nitrogens with zero attached hydrogens (tertiary/aromatic N) is 3. The van der Waals surface area contributed by atoms with Crippen molar-refractivity contribution in [3.63, 3.8) is 0 Å². The van der Waals surface area contributed by atoms with E-state index in [-0.39, 0.29) is 0 Å². The summed E-state index contributed by atoms with van der Waals surface area (Å²) in [6.45, 7) is 2.72. The molecule has 4 heteroatoms. The van der Waals surface area contributed by atoms with Gasteiger partial charge in [-0.25, -0.2) is 4.68 Å². The zero-order valence-electron chi connectivity index (χ0n) is 15.2. The fraction of sp³-hybridized carbons (Fsp3) is 0.318. The maximum absolute atomic E-state index is 5.79. The van der Waals surface area contributed by atoms with Gasteiger partial charge in [-0.3, -0.25) is 4.90 Å². The zero-order valence-corrected chi connectivity index (χ0v) is 15.2. The van der Waals surface area contributed by atoms with Crippen LogP contribution in [0.2, 0.25) is 0 Å². The van der Waals surface area contributed by atoms with E-state index < -0.39 is 0 Å². The van der Waals surface area contributed by atoms with Crippen LogP contribution >= 0.6 is 0 Å². The summed E-state index contributed by atoms with van der Waals surface area (Å²) in [6.07, 6.45) is 4.87. The van der Waals surface area contributed by atoms with Crippen LogP contribution in [0, 0.1) is 0 Å². The number of rotatable bonds is 6. The van der Waals surface area contributed by atoms with Crippen molar-refractivity contribution in [3.8, 4) is 16.9 Å². The topological polar surface area (TPSA) is 30.3 Å². The Balaban J connectivity index is 1.62. The second-order valence-corrected chi connectivity index (χ2v) is 6.98. The summed E-state index contributed by atoms with van der Waals surface area (Å²) in [7, 11) is 2.16. The molecule has 0 spiro atoms. The second kappa shape index (κ2) is 7.85. The molecule has 0 aliphatic carbocycles. The van der Waals surface area contributed by atoms with E-state index >= 15 is 0 Å². The minimum Gasteiger partial charge on any atom is -0.377 e. The second-order valence-electron chi connectivity index (χ2n) is 6.98. The molecule has 26 heavy (non-hydrogen) atoms. The van der Waals surface area contributed by atoms with Crippen LogP contribution in [0.25, 0.3) is 16.9 Å². The van der Waals surface area contributed by atoms with Gasteiger partial charge in [-0.05, 0) is 32.0 Å². The van der Waals surface area contributed by atoms with Crippen LogP contribution in [0.3, 0.4) is 0 Å². The molecule has 2 heterocycles. The van der Waals surface area contributed by atoms with Crippen LogP contribution in [-0.4, -0.2) is 41.0 Å². The number of benzene rings is 2. The number of likely N-dealkylation sites (N-methyl/N-ethyl adjacent to an activating group) is 1. The molecule has 0 saturated carbocycles. The molecule has 3 aromatic rings. The van der Waals surface area contributed by atoms with Crippen LogP contribution in [0.1, 0.15) is 18.4 Å². The molecule has 134 valence electrons. The first-order valence-electron chi connectivity index (χ1n) is 9.29. The summed E-state index contributed by atoms with van der Waals surface area (Å²) >= 11 is 0. The van der Waals surface area contributed by atoms with Crippen molar-refractivity contribution < 1.29 is 4.74 Å². The summed E-state index contributed by atoms with van der Waals surface area (Å²) < 4.78 is 7.77. The van der Waals surface area contributed by atoms with E-state index in [1.165, 1.54) is 18.4 Å². The standard InChI is InChI=1S/C22H25N3O/c1-24(17-21-13-8-14-26-21)15-19-16-25(20-11-6-3-7-12-20)23-22(19)18-9-4-2-5-10-18/h2-7,9-12,16,21H,8,13-15,17H2,1H3/t21-/m0/s1. The van der Waals surface area contributed by atoms with Crippen molar-refractivity contribution >= 4 is 0 Å². The van der Waals surface area contributed by atoms with E-state index in [9.17, 15) is 0 Å². The van der Waals surface area contributed by atoms with Gasteiger partial charge < -0.3 is 4.74 Å². The molecule has 1 aliphatic rings. The van der Waals surface area contributed by atoms with Gasteiger partial charge in [0.25, 0.3) is 0 Å². The van der Waals surface area contributed by atoms with Crippen molar-refractivity contribution in [3.05, 3.63) is 72.4 Å². The number of hydrogen-bond donors (Lipinski definition) is 0. The highest BCUT2D eigenvalue weighted by Gasteiger charge is 2.19. The van der Waals surface area contributed by atoms with Crippen molar-refractivity contribution in [2.45, 2.75) is 25.5 Å². The quantitative estimate of drug-likeness (QED) is 0.671. The van der Waals surface area contributed by atoms with Gasteiger partial charge in [0.1, 0.15) is 0 Å². The van der Waals surface area contributed by atoms with Gasteiger partial charge >= 0.3 is 0 Å². The lowest BCUT2D eigenvalue weighted by molar-refractivity contribution is 0.0793. The van der Waals surface area contributed by atoms with E-state index in [4.69, 9.17) is 9.84 Å². The third-order valence-electron chi connectivity index (χ3n) is 4.84. The Morgan fingerprint density at radius 2 is 1.81 bits per heavy atom. The normalized spacial score (nSPS) is 17.1. The van der Waals surface area contributed by atoms with Gasteiger partial charge in [0.15, 0.2) is 0 Å². The number of ether oxygens (including phenoxy) is 1. The van der Waals surface area contributed by atoms with Crippen LogP contribution in [-0.2, 0) is 11.3 Å². The third kappa shape index (κ3) is 3.87. The maximum Gasteiger partial charge on any atom is 0.0972 e. The van der Waals surface area contributed by atoms with Crippen molar-refractivity contribution in [2.24, 2.45) is 0 Å². The van der Waals surface area contributed by atoms with Gasteiger partial charge in [0.05, 0.1) is 17.5 Å². The average molecular weight is 347 g/mol. The Bertz CT molecular complexity index is 823. The molecule has 0 unspecified atom stereocenters. The molecule has 4 nitrogen and oxygen atoms in total. The van der Waals surface area contributed by atoms with Crippen molar-refractivity contribution in [1.29, 1.82) is 0 Å². The minimum atomic E-state index is 0.365. The van der Waals surface area contributed by atoms with E-state index in [2.05, 4.69) is 54.5 Å². The highest BCUT2D eigenvalue weighted by molar-refractivity contribution is 5.63. The Morgan fingerprint density at radius 3 is 2.50 bits per heavy atom. The highest BCUT2D eigenvalue weighted by Crippen LogP contribution is 2.25. The molecule has 1 fully saturated rings. The fourth-order valence-electron chi connectivity index (χ4n) is 3.57. The molecule has 2 aromatic carbocycles. The number of para-hydroxylation sites is 1. The monoisotopic (exact) mass is 347 g/mol. The summed E-state index contributed by atoms with van der Waals surface area (Å²) in [5, 5.41) is 4.89. The van der Waals surface area contributed by atoms with E-state index in [0.29, 0.717) is 6.10 Å². The van der Waals surface area contributed by atoms with Gasteiger partial charge in [0, 0.05) is 37.0 Å². The van der Waals surface area contributed by atoms with Crippen molar-refractivity contribution in [1.82, 2.24) is 14.7 Å². The molecule has 4 rings (SSSR count). The molecule has 1 saturated heterocycles. The molecule has 1 aliphatic heterocycles. The summed E-state index contributed by atoms with van der Waals surface area (Å²) in [5.74, 6) is 0. The average Bonchev–Trinajstić information content (AvgIpc) is 3.33. The maximum atomic E-state index is 5.79. The van der Waals surface area contributed by atoms with Gasteiger partial charge in [-0.2, -0.15) is 5.10 Å². The Labute approximate surface area is 155 Å². The largest absolute Gasteiger partial charge is 0.377 e. The lowest BCUT2D eigenvalue weighted by Crippen LogP contribution is -2.28. The van der Waals surface area contributed by atoms with Gasteiger partial charge in [-0.15, -0.1) is 0 Å². The minimum absolute atomic E-state index is 0.365. The summed E-state index contributed by atoms with van der Waals surface area (Å²) in [5.41, 5.74) is 4.52. The molecule has 0 bridgehead atoms. The van der Waals surface area contributed by atoms with E-state index in [1.54, 1.807) is 0 Å². The molecule has 0 N–H and O–H groups in total. The number of aromatic nitrogens is 2. The fourth-order valence-corrected chi connectivity index (χ4v) is 3.57. The molecule has 1 aromatic heterocycles. The zero-order chi connectivity index (χ0) is 17.8. The summed E-state index contributed by atoms with van der Waals surface area (Å²) in [4.78, 5) is 2.34. The van der Waals surface area contributed by atoms with E-state index in [1.807, 2.05) is 28.9 Å². The van der Waals surface area contributed by atoms with Crippen molar-refractivity contribution in [2.75, 3.05) is 20.2 Å². The summed E-state index contributed by atoms with van der Waals surface area (Å²) in [6, 6.07) is 20.7. The smallest absolute Gasteiger partial charge is 0.0972 e. The lowest BCUT2D eigenvalue weighted by atomic mass is 10.1. The van der Waals surface area contributed by atoms with Crippen LogP contribution in [0.4, 0.5) is 0 Å². The predicted molar refractivity (Wildman–Crippen MR) is 104 cm³/mol. The molecular weight excluding hydrogens is 322 g/mol. The predicted octanol–water partition coefficient (Wildman–Crippen LogP) is 4.15. The SMILES string of the molecule is CN(Cc1cn(-c2ccccc2)nc1-c1ccccc1)C[C@@H]1CCCO1. The highest BCUT2D eigenvalue weighted by atomic mass is 16.5. The van der Waals surface area contributed by atoms with Crippen LogP contribution in [0.5, 0.6) is 0 Å². The van der Waals surface area contributed by atoms with Crippen LogP contribution < -0.4 is 0 Å². The molecular formula is C22H25N3O. The third-order valence-corrected chi connectivity index (χ3v) is 4.84. The van der Waals surface area contributed by atoms with Crippen LogP contribution in [0.15, 0.2) is 66.9 Å². The first-order chi connectivity index (χ1) is 12.8. The molecule has 0 radical (unpaired) electrons. The Morgan fingerprint density at radius 1 is 1.08 bits per heavy atom. The lowest BCUT2D eigenvalue weighted by Gasteiger charge is -2.20. The Kier molecular flexibility index (Phi) is 5.14. The Hall–Kier alpha value is -2.43.